The highest BCUT2D eigenvalue weighted by Gasteiger charge is 2.48. The number of amides is 1. The molecule has 0 radical (unpaired) electrons. The number of pyridine rings is 1. The fraction of sp³-hybridized carbons (Fsp3) is 0.478. The normalized spacial score (nSPS) is 23.2. The molecule has 2 aliphatic heterocycles. The lowest BCUT2D eigenvalue weighted by Gasteiger charge is -2.41. The highest BCUT2D eigenvalue weighted by molar-refractivity contribution is 5.94. The van der Waals surface area contributed by atoms with Crippen LogP contribution < -0.4 is 10.5 Å². The van der Waals surface area contributed by atoms with Crippen LogP contribution in [0.3, 0.4) is 0 Å². The summed E-state index contributed by atoms with van der Waals surface area (Å²) in [5, 5.41) is 0. The van der Waals surface area contributed by atoms with Gasteiger partial charge in [0.15, 0.2) is 0 Å². The van der Waals surface area contributed by atoms with Crippen molar-refractivity contribution in [3.05, 3.63) is 63.8 Å². The first-order chi connectivity index (χ1) is 13.7. The SMILES string of the molecule is Cc1ccc(C(=O)N2CC[C@H]3[C@@H](C2)CC(C)(C)N3c2cccc(F)c2)c(=O)n1C. The lowest BCUT2D eigenvalue weighted by Crippen LogP contribution is -2.51. The zero-order chi connectivity index (χ0) is 20.9. The van der Waals surface area contributed by atoms with Crippen LogP contribution in [0.15, 0.2) is 41.2 Å². The Morgan fingerprint density at radius 1 is 1.21 bits per heavy atom. The molecule has 0 saturated carbocycles. The zero-order valence-electron chi connectivity index (χ0n) is 17.5. The maximum Gasteiger partial charge on any atom is 0.263 e. The van der Waals surface area contributed by atoms with Crippen molar-refractivity contribution < 1.29 is 9.18 Å². The fourth-order valence-electron chi connectivity index (χ4n) is 5.16. The first kappa shape index (κ1) is 19.7. The van der Waals surface area contributed by atoms with E-state index in [0.717, 1.165) is 24.2 Å². The van der Waals surface area contributed by atoms with Gasteiger partial charge in [0.1, 0.15) is 11.4 Å². The summed E-state index contributed by atoms with van der Waals surface area (Å²) in [6.07, 6.45) is 1.73. The van der Waals surface area contributed by atoms with Gasteiger partial charge in [-0.05, 0) is 69.9 Å². The van der Waals surface area contributed by atoms with E-state index < -0.39 is 0 Å². The predicted octanol–water partition coefficient (Wildman–Crippen LogP) is 3.35. The minimum Gasteiger partial charge on any atom is -0.363 e. The van der Waals surface area contributed by atoms with Gasteiger partial charge in [-0.25, -0.2) is 4.39 Å². The smallest absolute Gasteiger partial charge is 0.263 e. The number of aryl methyl sites for hydroxylation is 1. The van der Waals surface area contributed by atoms with E-state index in [0.29, 0.717) is 19.0 Å². The molecule has 0 N–H and O–H groups in total. The topological polar surface area (TPSA) is 45.6 Å². The largest absolute Gasteiger partial charge is 0.363 e. The van der Waals surface area contributed by atoms with Crippen LogP contribution in [0.25, 0.3) is 0 Å². The Kier molecular flexibility index (Phi) is 4.75. The lowest BCUT2D eigenvalue weighted by atomic mass is 9.89. The molecule has 2 saturated heterocycles. The third-order valence-electron chi connectivity index (χ3n) is 6.60. The average Bonchev–Trinajstić information content (AvgIpc) is 2.94. The number of piperidine rings is 1. The number of benzene rings is 1. The molecule has 29 heavy (non-hydrogen) atoms. The predicted molar refractivity (Wildman–Crippen MR) is 112 cm³/mol. The van der Waals surface area contributed by atoms with Crippen LogP contribution in [0.2, 0.25) is 0 Å². The first-order valence-corrected chi connectivity index (χ1v) is 10.2. The lowest BCUT2D eigenvalue weighted by molar-refractivity contribution is 0.0665. The molecule has 6 heteroatoms. The van der Waals surface area contributed by atoms with Gasteiger partial charge in [0, 0.05) is 43.1 Å². The van der Waals surface area contributed by atoms with Crippen LogP contribution >= 0.6 is 0 Å². The van der Waals surface area contributed by atoms with E-state index >= 15 is 0 Å². The molecule has 2 aliphatic rings. The highest BCUT2D eigenvalue weighted by Crippen LogP contribution is 2.44. The summed E-state index contributed by atoms with van der Waals surface area (Å²) in [7, 11) is 1.69. The second kappa shape index (κ2) is 7.01. The van der Waals surface area contributed by atoms with Gasteiger partial charge in [0.25, 0.3) is 11.5 Å². The van der Waals surface area contributed by atoms with E-state index in [1.807, 2.05) is 24.0 Å². The molecule has 5 nitrogen and oxygen atoms in total. The second-order valence-electron chi connectivity index (χ2n) is 8.99. The number of carbonyl (C=O) groups excluding carboxylic acids is 1. The molecule has 2 fully saturated rings. The maximum absolute atomic E-state index is 13.8. The van der Waals surface area contributed by atoms with Crippen molar-refractivity contribution >= 4 is 11.6 Å². The number of halogens is 1. The number of aromatic nitrogens is 1. The Morgan fingerprint density at radius 3 is 2.69 bits per heavy atom. The van der Waals surface area contributed by atoms with E-state index in [2.05, 4.69) is 18.7 Å². The quantitative estimate of drug-likeness (QED) is 0.781. The van der Waals surface area contributed by atoms with E-state index in [1.54, 1.807) is 25.2 Å². The third-order valence-corrected chi connectivity index (χ3v) is 6.60. The van der Waals surface area contributed by atoms with Crippen molar-refractivity contribution in [2.75, 3.05) is 18.0 Å². The summed E-state index contributed by atoms with van der Waals surface area (Å²) in [4.78, 5) is 29.8. The fourth-order valence-corrected chi connectivity index (χ4v) is 5.16. The number of hydrogen-bond donors (Lipinski definition) is 0. The van der Waals surface area contributed by atoms with Gasteiger partial charge in [0.05, 0.1) is 0 Å². The van der Waals surface area contributed by atoms with Crippen molar-refractivity contribution in [2.24, 2.45) is 13.0 Å². The van der Waals surface area contributed by atoms with Crippen molar-refractivity contribution in [2.45, 2.75) is 45.2 Å². The minimum atomic E-state index is -0.245. The molecule has 1 aromatic heterocycles. The van der Waals surface area contributed by atoms with Crippen LogP contribution in [0.1, 0.15) is 42.7 Å². The Balaban J connectivity index is 1.58. The number of likely N-dealkylation sites (tertiary alicyclic amines) is 1. The van der Waals surface area contributed by atoms with Crippen molar-refractivity contribution in [3.63, 3.8) is 0 Å². The number of carbonyl (C=O) groups is 1. The van der Waals surface area contributed by atoms with E-state index in [4.69, 9.17) is 0 Å². The van der Waals surface area contributed by atoms with Gasteiger partial charge in [-0.3, -0.25) is 9.59 Å². The second-order valence-corrected chi connectivity index (χ2v) is 8.99. The molecule has 0 unspecified atom stereocenters. The van der Waals surface area contributed by atoms with Crippen LogP contribution in [-0.2, 0) is 7.05 Å². The van der Waals surface area contributed by atoms with Gasteiger partial charge in [-0.2, -0.15) is 0 Å². The van der Waals surface area contributed by atoms with Crippen LogP contribution in [0, 0.1) is 18.7 Å². The summed E-state index contributed by atoms with van der Waals surface area (Å²) in [6.45, 7) is 7.42. The third kappa shape index (κ3) is 3.34. The summed E-state index contributed by atoms with van der Waals surface area (Å²) in [5.74, 6) is -0.129. The number of hydrogen-bond acceptors (Lipinski definition) is 3. The molecule has 0 spiro atoms. The Labute approximate surface area is 170 Å². The van der Waals surface area contributed by atoms with E-state index in [-0.39, 0.29) is 34.4 Å². The monoisotopic (exact) mass is 397 g/mol. The minimum absolute atomic E-state index is 0.123. The molecule has 2 aromatic rings. The summed E-state index contributed by atoms with van der Waals surface area (Å²) < 4.78 is 15.4. The standard InChI is InChI=1S/C23H28FN3O2/c1-15-8-9-19(21(28)25(15)4)22(29)26-11-10-20-16(14-26)13-23(2,3)27(20)18-7-5-6-17(24)12-18/h5-9,12,16,20H,10-11,13-14H2,1-4H3/t16-,20+/m1/s1. The number of nitrogens with zero attached hydrogens (tertiary/aromatic N) is 3. The van der Waals surface area contributed by atoms with Crippen molar-refractivity contribution in [3.8, 4) is 0 Å². The van der Waals surface area contributed by atoms with Gasteiger partial charge in [-0.15, -0.1) is 0 Å². The van der Waals surface area contributed by atoms with Gasteiger partial charge in [-0.1, -0.05) is 6.07 Å². The van der Waals surface area contributed by atoms with Gasteiger partial charge >= 0.3 is 0 Å². The molecule has 3 heterocycles. The molecule has 1 aromatic carbocycles. The maximum atomic E-state index is 13.8. The number of anilines is 1. The van der Waals surface area contributed by atoms with Gasteiger partial charge in [0.2, 0.25) is 0 Å². The summed E-state index contributed by atoms with van der Waals surface area (Å²) in [5.41, 5.74) is 1.59. The Hall–Kier alpha value is -2.63. The molecule has 4 rings (SSSR count). The molecule has 0 bridgehead atoms. The zero-order valence-corrected chi connectivity index (χ0v) is 17.5. The molecule has 154 valence electrons. The summed E-state index contributed by atoms with van der Waals surface area (Å²) in [6, 6.07) is 10.5. The Morgan fingerprint density at radius 2 is 1.97 bits per heavy atom. The Bertz CT molecular complexity index is 1010. The van der Waals surface area contributed by atoms with Crippen LogP contribution in [0.4, 0.5) is 10.1 Å². The molecule has 2 atom stereocenters. The van der Waals surface area contributed by atoms with Gasteiger partial charge < -0.3 is 14.4 Å². The first-order valence-electron chi connectivity index (χ1n) is 10.2. The summed E-state index contributed by atoms with van der Waals surface area (Å²) >= 11 is 0. The van der Waals surface area contributed by atoms with Crippen molar-refractivity contribution in [1.82, 2.24) is 9.47 Å². The van der Waals surface area contributed by atoms with E-state index in [1.165, 1.54) is 10.6 Å². The molecular formula is C23H28FN3O2. The van der Waals surface area contributed by atoms with Crippen LogP contribution in [0.5, 0.6) is 0 Å². The highest BCUT2D eigenvalue weighted by atomic mass is 19.1. The van der Waals surface area contributed by atoms with E-state index in [9.17, 15) is 14.0 Å². The number of rotatable bonds is 2. The molecule has 1 amide bonds. The van der Waals surface area contributed by atoms with Crippen LogP contribution in [-0.4, -0.2) is 40.0 Å². The van der Waals surface area contributed by atoms with Crippen molar-refractivity contribution in [1.29, 1.82) is 0 Å². The average molecular weight is 397 g/mol. The molecular weight excluding hydrogens is 369 g/mol. The number of fused-ring (bicyclic) bond motifs is 1. The molecule has 0 aliphatic carbocycles.